The van der Waals surface area contributed by atoms with E-state index in [0.717, 1.165) is 18.2 Å². The maximum Gasteiger partial charge on any atom is 0.274 e. The molecule has 0 bridgehead atoms. The van der Waals surface area contributed by atoms with Gasteiger partial charge in [0.15, 0.2) is 0 Å². The number of fused-ring (bicyclic) bond motifs is 1. The number of hydrogen-bond donors (Lipinski definition) is 1. The van der Waals surface area contributed by atoms with Gasteiger partial charge in [0.25, 0.3) is 5.91 Å². The molecule has 1 saturated heterocycles. The minimum atomic E-state index is -0.722. The van der Waals surface area contributed by atoms with Crippen molar-refractivity contribution in [2.75, 3.05) is 31.5 Å². The molecule has 3 amide bonds. The molecule has 0 radical (unpaired) electrons. The highest BCUT2D eigenvalue weighted by Gasteiger charge is 2.35. The van der Waals surface area contributed by atoms with E-state index < -0.39 is 11.9 Å². The number of pyridine rings is 1. The summed E-state index contributed by atoms with van der Waals surface area (Å²) in [4.78, 5) is 44.4. The molecule has 10 heteroatoms. The van der Waals surface area contributed by atoms with Crippen molar-refractivity contribution < 1.29 is 18.8 Å². The highest BCUT2D eigenvalue weighted by atomic mass is 19.1. The fraction of sp³-hybridized carbons (Fsp3) is 0.348. The van der Waals surface area contributed by atoms with Gasteiger partial charge < -0.3 is 15.1 Å². The molecule has 2 aliphatic rings. The first-order chi connectivity index (χ1) is 16.0. The Labute approximate surface area is 189 Å². The third kappa shape index (κ3) is 4.69. The van der Waals surface area contributed by atoms with Crippen LogP contribution < -0.4 is 5.32 Å². The van der Waals surface area contributed by atoms with Gasteiger partial charge in [-0.1, -0.05) is 6.07 Å². The highest BCUT2D eigenvalue weighted by molar-refractivity contribution is 6.03. The fourth-order valence-corrected chi connectivity index (χ4v) is 3.97. The first kappa shape index (κ1) is 21.0. The van der Waals surface area contributed by atoms with Crippen LogP contribution in [0.4, 0.5) is 10.1 Å². The van der Waals surface area contributed by atoms with E-state index in [9.17, 15) is 18.8 Å². The molecule has 1 aliphatic heterocycles. The molecule has 33 heavy (non-hydrogen) atoms. The van der Waals surface area contributed by atoms with Crippen LogP contribution in [0, 0.1) is 11.9 Å². The van der Waals surface area contributed by atoms with Crippen molar-refractivity contribution in [2.24, 2.45) is 5.92 Å². The number of hydrogen-bond acceptors (Lipinski definition) is 5. The maximum atomic E-state index is 13.3. The summed E-state index contributed by atoms with van der Waals surface area (Å²) in [6.07, 6.45) is 3.71. The predicted octanol–water partition coefficient (Wildman–Crippen LogP) is 1.90. The summed E-state index contributed by atoms with van der Waals surface area (Å²) in [6.45, 7) is 2.31. The number of aromatic nitrogens is 3. The molecule has 170 valence electrons. The lowest BCUT2D eigenvalue weighted by Crippen LogP contribution is -2.51. The van der Waals surface area contributed by atoms with Gasteiger partial charge in [-0.25, -0.2) is 4.98 Å². The van der Waals surface area contributed by atoms with E-state index in [0.29, 0.717) is 37.4 Å². The van der Waals surface area contributed by atoms with E-state index in [-0.39, 0.29) is 30.0 Å². The van der Waals surface area contributed by atoms with E-state index in [1.165, 1.54) is 18.2 Å². The normalized spacial score (nSPS) is 16.2. The smallest absolute Gasteiger partial charge is 0.274 e. The summed E-state index contributed by atoms with van der Waals surface area (Å²) in [6, 6.07) is 9.20. The molecule has 2 fully saturated rings. The zero-order chi connectivity index (χ0) is 22.9. The van der Waals surface area contributed by atoms with Crippen LogP contribution in [0.2, 0.25) is 0 Å². The third-order valence-corrected chi connectivity index (χ3v) is 5.93. The standard InChI is InChI=1S/C23H23FN6O3/c24-20-3-1-2-19(26-20)22(32)25-17-6-7-18-16(12-17)13-30(27-18)14-21(31)28-8-10-29(11-9-28)23(33)15-4-5-15/h1-3,6-7,12-13,15H,4-5,8-11,14H2,(H,25,32). The average Bonchev–Trinajstić information content (AvgIpc) is 3.59. The van der Waals surface area contributed by atoms with Crippen LogP contribution in [0.15, 0.2) is 42.6 Å². The van der Waals surface area contributed by atoms with Gasteiger partial charge in [-0.2, -0.15) is 9.49 Å². The molecular weight excluding hydrogens is 427 g/mol. The van der Waals surface area contributed by atoms with Gasteiger partial charge in [0.1, 0.15) is 12.2 Å². The number of rotatable bonds is 5. The molecule has 5 rings (SSSR count). The van der Waals surface area contributed by atoms with Crippen LogP contribution >= 0.6 is 0 Å². The second-order valence-electron chi connectivity index (χ2n) is 8.38. The van der Waals surface area contributed by atoms with Gasteiger partial charge >= 0.3 is 0 Å². The molecule has 3 aromatic rings. The molecule has 0 unspecified atom stereocenters. The summed E-state index contributed by atoms with van der Waals surface area (Å²) in [5.41, 5.74) is 1.18. The Hall–Kier alpha value is -3.82. The lowest BCUT2D eigenvalue weighted by Gasteiger charge is -2.34. The van der Waals surface area contributed by atoms with Gasteiger partial charge in [0, 0.05) is 49.4 Å². The van der Waals surface area contributed by atoms with Crippen LogP contribution in [0.3, 0.4) is 0 Å². The fourth-order valence-electron chi connectivity index (χ4n) is 3.97. The van der Waals surface area contributed by atoms with Crippen molar-refractivity contribution in [1.29, 1.82) is 0 Å². The Morgan fingerprint density at radius 3 is 2.52 bits per heavy atom. The van der Waals surface area contributed by atoms with Crippen molar-refractivity contribution >= 4 is 34.3 Å². The van der Waals surface area contributed by atoms with Crippen LogP contribution in [0.25, 0.3) is 10.9 Å². The molecule has 1 aromatic carbocycles. The van der Waals surface area contributed by atoms with Crippen LogP contribution in [-0.4, -0.2) is 68.5 Å². The molecule has 9 nitrogen and oxygen atoms in total. The predicted molar refractivity (Wildman–Crippen MR) is 118 cm³/mol. The molecule has 2 aromatic heterocycles. The minimum Gasteiger partial charge on any atom is -0.339 e. The first-order valence-electron chi connectivity index (χ1n) is 10.9. The first-order valence-corrected chi connectivity index (χ1v) is 10.9. The zero-order valence-electron chi connectivity index (χ0n) is 17.9. The zero-order valence-corrected chi connectivity index (χ0v) is 17.9. The highest BCUT2D eigenvalue weighted by Crippen LogP contribution is 2.31. The third-order valence-electron chi connectivity index (χ3n) is 5.93. The van der Waals surface area contributed by atoms with Gasteiger partial charge in [-0.05, 0) is 43.2 Å². The van der Waals surface area contributed by atoms with Crippen molar-refractivity contribution in [3.63, 3.8) is 0 Å². The molecule has 1 aliphatic carbocycles. The summed E-state index contributed by atoms with van der Waals surface area (Å²) in [5, 5.41) is 7.89. The number of anilines is 1. The van der Waals surface area contributed by atoms with Gasteiger partial charge in [0.05, 0.1) is 5.52 Å². The van der Waals surface area contributed by atoms with Gasteiger partial charge in [-0.15, -0.1) is 0 Å². The maximum absolute atomic E-state index is 13.3. The number of amides is 3. The average molecular weight is 450 g/mol. The minimum absolute atomic E-state index is 0.0182. The summed E-state index contributed by atoms with van der Waals surface area (Å²) in [5.74, 6) is -0.872. The van der Waals surface area contributed by atoms with E-state index in [1.54, 1.807) is 34.0 Å². The summed E-state index contributed by atoms with van der Waals surface area (Å²) < 4.78 is 14.8. The van der Waals surface area contributed by atoms with E-state index in [1.807, 2.05) is 4.90 Å². The Morgan fingerprint density at radius 2 is 1.79 bits per heavy atom. The molecule has 0 atom stereocenters. The SMILES string of the molecule is O=C(Nc1ccc2nn(CC(=O)N3CCN(C(=O)C4CC4)CC3)cc2c1)c1cccc(F)n1. The van der Waals surface area contributed by atoms with E-state index in [4.69, 9.17) is 0 Å². The van der Waals surface area contributed by atoms with Crippen molar-refractivity contribution in [1.82, 2.24) is 24.6 Å². The second-order valence-corrected chi connectivity index (χ2v) is 8.38. The quantitative estimate of drug-likeness (QED) is 0.599. The molecule has 3 heterocycles. The lowest BCUT2D eigenvalue weighted by molar-refractivity contribution is -0.140. The number of nitrogens with zero attached hydrogens (tertiary/aromatic N) is 5. The summed E-state index contributed by atoms with van der Waals surface area (Å²) >= 11 is 0. The Balaban J connectivity index is 1.20. The number of carbonyl (C=O) groups excluding carboxylic acids is 3. The Kier molecular flexibility index (Phi) is 5.49. The van der Waals surface area contributed by atoms with Gasteiger partial charge in [0.2, 0.25) is 17.8 Å². The van der Waals surface area contributed by atoms with Crippen molar-refractivity contribution in [2.45, 2.75) is 19.4 Å². The largest absolute Gasteiger partial charge is 0.339 e. The monoisotopic (exact) mass is 450 g/mol. The van der Waals surface area contributed by atoms with Crippen LogP contribution in [0.5, 0.6) is 0 Å². The lowest BCUT2D eigenvalue weighted by atomic mass is 10.2. The van der Waals surface area contributed by atoms with Gasteiger partial charge in [-0.3, -0.25) is 19.1 Å². The van der Waals surface area contributed by atoms with Crippen molar-refractivity contribution in [3.05, 3.63) is 54.2 Å². The number of nitrogens with one attached hydrogen (secondary N) is 1. The Bertz CT molecular complexity index is 1230. The van der Waals surface area contributed by atoms with E-state index >= 15 is 0 Å². The van der Waals surface area contributed by atoms with Crippen LogP contribution in [-0.2, 0) is 16.1 Å². The number of carbonyl (C=O) groups is 3. The van der Waals surface area contributed by atoms with Crippen LogP contribution in [0.1, 0.15) is 23.3 Å². The molecule has 1 N–H and O–H groups in total. The number of halogens is 1. The van der Waals surface area contributed by atoms with E-state index in [2.05, 4.69) is 15.4 Å². The number of piperazine rings is 1. The summed E-state index contributed by atoms with van der Waals surface area (Å²) in [7, 11) is 0. The number of benzene rings is 1. The Morgan fingerprint density at radius 1 is 1.03 bits per heavy atom. The molecule has 0 spiro atoms. The van der Waals surface area contributed by atoms with Crippen molar-refractivity contribution in [3.8, 4) is 0 Å². The molecular formula is C23H23FN6O3. The molecule has 1 saturated carbocycles. The second kappa shape index (κ2) is 8.61. The topological polar surface area (TPSA) is 100 Å².